The van der Waals surface area contributed by atoms with Crippen LogP contribution in [0.3, 0.4) is 0 Å². The SMILES string of the molecule is CCC(CCCCCc1cc(C(C)(C)C)c(O)c(C(C)(C)C)c1)(C1CC(C)(C)N(C)C(C)(C)C1)C1CC(C)(C)N(C)C(C)(C)C1. The molecule has 3 rings (SSSR count). The van der Waals surface area contributed by atoms with Crippen molar-refractivity contribution in [2.45, 2.75) is 201 Å². The van der Waals surface area contributed by atoms with Gasteiger partial charge >= 0.3 is 0 Å². The van der Waals surface area contributed by atoms with E-state index >= 15 is 0 Å². The molecule has 0 unspecified atom stereocenters. The maximum atomic E-state index is 11.2. The van der Waals surface area contributed by atoms with Gasteiger partial charge < -0.3 is 5.11 Å². The molecule has 1 aromatic carbocycles. The van der Waals surface area contributed by atoms with E-state index in [1.165, 1.54) is 63.4 Å². The number of phenols is 1. The summed E-state index contributed by atoms with van der Waals surface area (Å²) in [5.41, 5.74) is 4.61. The highest BCUT2D eigenvalue weighted by atomic mass is 16.3. The second kappa shape index (κ2) is 12.8. The molecule has 0 aliphatic carbocycles. The summed E-state index contributed by atoms with van der Waals surface area (Å²) in [6.45, 7) is 35.9. The van der Waals surface area contributed by atoms with Crippen molar-refractivity contribution >= 4 is 0 Å². The molecule has 2 aliphatic heterocycles. The number of hydrogen-bond acceptors (Lipinski definition) is 3. The summed E-state index contributed by atoms with van der Waals surface area (Å²) in [6, 6.07) is 4.60. The van der Waals surface area contributed by atoms with Gasteiger partial charge in [0.15, 0.2) is 0 Å². The topological polar surface area (TPSA) is 26.7 Å². The van der Waals surface area contributed by atoms with Crippen LogP contribution in [0, 0.1) is 17.3 Å². The molecule has 2 fully saturated rings. The van der Waals surface area contributed by atoms with Gasteiger partial charge in [0.25, 0.3) is 0 Å². The van der Waals surface area contributed by atoms with Crippen LogP contribution >= 0.6 is 0 Å². The fourth-order valence-corrected chi connectivity index (χ4v) is 9.99. The Morgan fingerprint density at radius 3 is 1.31 bits per heavy atom. The van der Waals surface area contributed by atoms with Crippen molar-refractivity contribution in [1.29, 1.82) is 0 Å². The average molecular weight is 625 g/mol. The van der Waals surface area contributed by atoms with E-state index in [0.29, 0.717) is 11.2 Å². The Morgan fingerprint density at radius 1 is 0.644 bits per heavy atom. The van der Waals surface area contributed by atoms with Crippen molar-refractivity contribution in [2.75, 3.05) is 14.1 Å². The Bertz CT molecular complexity index is 1050. The van der Waals surface area contributed by atoms with E-state index in [1.54, 1.807) is 0 Å². The first-order valence-corrected chi connectivity index (χ1v) is 18.6. The summed E-state index contributed by atoms with van der Waals surface area (Å²) < 4.78 is 0. The summed E-state index contributed by atoms with van der Waals surface area (Å²) in [5.74, 6) is 1.98. The third kappa shape index (κ3) is 7.98. The van der Waals surface area contributed by atoms with E-state index in [9.17, 15) is 5.11 Å². The van der Waals surface area contributed by atoms with Crippen LogP contribution in [0.5, 0.6) is 5.75 Å². The number of aromatic hydroxyl groups is 1. The summed E-state index contributed by atoms with van der Waals surface area (Å²) in [5, 5.41) is 11.2. The maximum Gasteiger partial charge on any atom is 0.123 e. The number of rotatable bonds is 9. The van der Waals surface area contributed by atoms with Gasteiger partial charge in [-0.15, -0.1) is 0 Å². The Morgan fingerprint density at radius 2 is 1.00 bits per heavy atom. The molecule has 0 atom stereocenters. The molecular weight excluding hydrogens is 548 g/mol. The smallest absolute Gasteiger partial charge is 0.123 e. The lowest BCUT2D eigenvalue weighted by Crippen LogP contribution is -2.64. The van der Waals surface area contributed by atoms with E-state index in [4.69, 9.17) is 0 Å². The Kier molecular flexibility index (Phi) is 10.9. The van der Waals surface area contributed by atoms with Gasteiger partial charge in [0, 0.05) is 22.2 Å². The minimum atomic E-state index is -0.0773. The third-order valence-electron chi connectivity index (χ3n) is 13.3. The highest BCUT2D eigenvalue weighted by molar-refractivity contribution is 5.50. The van der Waals surface area contributed by atoms with Crippen LogP contribution < -0.4 is 0 Å². The molecule has 2 heterocycles. The van der Waals surface area contributed by atoms with Crippen LogP contribution in [-0.2, 0) is 17.3 Å². The van der Waals surface area contributed by atoms with Crippen molar-refractivity contribution in [3.05, 3.63) is 28.8 Å². The number of benzene rings is 1. The molecule has 1 aromatic rings. The van der Waals surface area contributed by atoms with Crippen molar-refractivity contribution in [3.63, 3.8) is 0 Å². The number of aryl methyl sites for hydroxylation is 1. The predicted octanol–water partition coefficient (Wildman–Crippen LogP) is 11.3. The van der Waals surface area contributed by atoms with E-state index in [1.807, 2.05) is 0 Å². The van der Waals surface area contributed by atoms with Gasteiger partial charge in [-0.1, -0.05) is 73.4 Å². The lowest BCUT2D eigenvalue weighted by Gasteiger charge is -2.63. The quantitative estimate of drug-likeness (QED) is 0.277. The molecule has 260 valence electrons. The minimum absolute atomic E-state index is 0.0773. The fourth-order valence-electron chi connectivity index (χ4n) is 9.99. The maximum absolute atomic E-state index is 11.2. The predicted molar refractivity (Wildman–Crippen MR) is 198 cm³/mol. The largest absolute Gasteiger partial charge is 0.507 e. The van der Waals surface area contributed by atoms with Gasteiger partial charge in [-0.25, -0.2) is 0 Å². The Hall–Kier alpha value is -1.06. The molecular formula is C42H76N2O. The van der Waals surface area contributed by atoms with E-state index in [0.717, 1.165) is 29.4 Å². The molecule has 0 bridgehead atoms. The molecule has 0 aromatic heterocycles. The monoisotopic (exact) mass is 625 g/mol. The van der Waals surface area contributed by atoms with Gasteiger partial charge in [-0.2, -0.15) is 0 Å². The van der Waals surface area contributed by atoms with Gasteiger partial charge in [0.05, 0.1) is 0 Å². The molecule has 1 N–H and O–H groups in total. The second-order valence-electron chi connectivity index (χ2n) is 20.3. The van der Waals surface area contributed by atoms with Gasteiger partial charge in [-0.3, -0.25) is 9.80 Å². The molecule has 3 heteroatoms. The molecule has 2 aliphatic rings. The number of phenolic OH excluding ortho intramolecular Hbond substituents is 1. The minimum Gasteiger partial charge on any atom is -0.507 e. The van der Waals surface area contributed by atoms with Gasteiger partial charge in [-0.05, 0) is 166 Å². The van der Waals surface area contributed by atoms with Crippen molar-refractivity contribution in [1.82, 2.24) is 9.80 Å². The van der Waals surface area contributed by atoms with Crippen LogP contribution in [0.2, 0.25) is 0 Å². The molecule has 0 spiro atoms. The molecule has 3 nitrogen and oxygen atoms in total. The average Bonchev–Trinajstić information content (AvgIpc) is 2.86. The van der Waals surface area contributed by atoms with Crippen molar-refractivity contribution in [3.8, 4) is 5.75 Å². The van der Waals surface area contributed by atoms with Crippen LogP contribution in [0.4, 0.5) is 0 Å². The van der Waals surface area contributed by atoms with Gasteiger partial charge in [0.1, 0.15) is 5.75 Å². The van der Waals surface area contributed by atoms with E-state index in [2.05, 4.69) is 140 Å². The second-order valence-corrected chi connectivity index (χ2v) is 20.3. The third-order valence-corrected chi connectivity index (χ3v) is 13.3. The van der Waals surface area contributed by atoms with Crippen molar-refractivity contribution in [2.24, 2.45) is 17.3 Å². The van der Waals surface area contributed by atoms with Crippen LogP contribution in [0.25, 0.3) is 0 Å². The normalized spacial score (nSPS) is 23.4. The summed E-state index contributed by atoms with van der Waals surface area (Å²) >= 11 is 0. The van der Waals surface area contributed by atoms with E-state index in [-0.39, 0.29) is 33.0 Å². The number of hydrogen-bond donors (Lipinski definition) is 1. The molecule has 0 amide bonds. The lowest BCUT2D eigenvalue weighted by atomic mass is 9.51. The van der Waals surface area contributed by atoms with Crippen LogP contribution in [0.1, 0.15) is 178 Å². The highest BCUT2D eigenvalue weighted by Gasteiger charge is 2.56. The first-order valence-electron chi connectivity index (χ1n) is 18.6. The number of unbranched alkanes of at least 4 members (excludes halogenated alkanes) is 2. The molecule has 2 saturated heterocycles. The molecule has 45 heavy (non-hydrogen) atoms. The Labute approximate surface area is 281 Å². The lowest BCUT2D eigenvalue weighted by molar-refractivity contribution is -0.127. The van der Waals surface area contributed by atoms with Gasteiger partial charge in [0.2, 0.25) is 0 Å². The number of piperidine rings is 2. The summed E-state index contributed by atoms with van der Waals surface area (Å²) in [6.07, 6.45) is 12.7. The zero-order valence-corrected chi connectivity index (χ0v) is 33.2. The zero-order valence-electron chi connectivity index (χ0n) is 33.2. The van der Waals surface area contributed by atoms with E-state index < -0.39 is 0 Å². The zero-order chi connectivity index (χ0) is 34.6. The van der Waals surface area contributed by atoms with Crippen molar-refractivity contribution < 1.29 is 5.11 Å². The molecule has 0 radical (unpaired) electrons. The first-order chi connectivity index (χ1) is 20.2. The highest BCUT2D eigenvalue weighted by Crippen LogP contribution is 2.59. The standard InChI is InChI=1S/C42H76N2O/c1-18-42(31-26-38(8,9)43(16)39(10,11)27-31,32-28-40(12,13)44(17)41(14,15)29-32)23-21-19-20-22-30-24-33(36(2,3)4)35(45)34(25-30)37(5,6)7/h24-25,31-32,45H,18-23,26-29H2,1-17H3. The fraction of sp³-hybridized carbons (Fsp3) is 0.857. The van der Waals surface area contributed by atoms with Crippen LogP contribution in [-0.4, -0.2) is 51.2 Å². The summed E-state index contributed by atoms with van der Waals surface area (Å²) in [7, 11) is 4.73. The Balaban J connectivity index is 1.89. The number of likely N-dealkylation sites (tertiary alicyclic amines) is 2. The first kappa shape index (κ1) is 38.4. The summed E-state index contributed by atoms with van der Waals surface area (Å²) in [4.78, 5) is 5.35. The molecule has 0 saturated carbocycles. The van der Waals surface area contributed by atoms with Crippen LogP contribution in [0.15, 0.2) is 12.1 Å². The number of nitrogens with zero attached hydrogens (tertiary/aromatic N) is 2.